The number of hydrogen-bond donors (Lipinski definition) is 1. The summed E-state index contributed by atoms with van der Waals surface area (Å²) in [7, 11) is 1.78. The van der Waals surface area contributed by atoms with Crippen LogP contribution in [0.1, 0.15) is 60.4 Å². The van der Waals surface area contributed by atoms with E-state index < -0.39 is 5.97 Å². The number of hydrogen-bond acceptors (Lipinski definition) is 6. The summed E-state index contributed by atoms with van der Waals surface area (Å²) in [5.74, 6) is -0.295. The SMILES string of the molecule is COCCCCCCN1CCC(c2ccc(-c3nn4cc(-c5ccc(C(=O)O)cc5)nc4s3)cc2)CC1. The number of imidazole rings is 1. The zero-order valence-corrected chi connectivity index (χ0v) is 22.1. The zero-order valence-electron chi connectivity index (χ0n) is 21.3. The number of aromatic carboxylic acids is 1. The Morgan fingerprint density at radius 3 is 2.38 bits per heavy atom. The van der Waals surface area contributed by atoms with E-state index in [9.17, 15) is 4.79 Å². The van der Waals surface area contributed by atoms with Gasteiger partial charge >= 0.3 is 5.97 Å². The molecule has 0 spiro atoms. The fourth-order valence-corrected chi connectivity index (χ4v) is 5.95. The summed E-state index contributed by atoms with van der Waals surface area (Å²) in [6.45, 7) is 4.48. The predicted molar refractivity (Wildman–Crippen MR) is 147 cm³/mol. The van der Waals surface area contributed by atoms with Gasteiger partial charge in [-0.2, -0.15) is 5.10 Å². The van der Waals surface area contributed by atoms with Crippen LogP contribution in [0.25, 0.3) is 26.8 Å². The Labute approximate surface area is 221 Å². The Kier molecular flexibility index (Phi) is 8.28. The molecule has 7 nitrogen and oxygen atoms in total. The number of likely N-dealkylation sites (tertiary alicyclic amines) is 1. The normalized spacial score (nSPS) is 14.9. The second-order valence-electron chi connectivity index (χ2n) is 9.79. The lowest BCUT2D eigenvalue weighted by molar-refractivity contribution is 0.0697. The maximum atomic E-state index is 11.1. The first-order valence-electron chi connectivity index (χ1n) is 13.1. The number of carbonyl (C=O) groups is 1. The van der Waals surface area contributed by atoms with Gasteiger partial charge in [0.2, 0.25) is 4.96 Å². The van der Waals surface area contributed by atoms with E-state index in [0.717, 1.165) is 33.4 Å². The van der Waals surface area contributed by atoms with Gasteiger partial charge in [-0.3, -0.25) is 0 Å². The topological polar surface area (TPSA) is 80.0 Å². The Hall–Kier alpha value is -3.07. The maximum absolute atomic E-state index is 11.1. The largest absolute Gasteiger partial charge is 0.478 e. The quantitative estimate of drug-likeness (QED) is 0.238. The van der Waals surface area contributed by atoms with Gasteiger partial charge in [0.15, 0.2) is 0 Å². The van der Waals surface area contributed by atoms with Gasteiger partial charge in [-0.05, 0) is 68.9 Å². The smallest absolute Gasteiger partial charge is 0.335 e. The average molecular weight is 519 g/mol. The van der Waals surface area contributed by atoms with Crippen LogP contribution in [-0.4, -0.2) is 63.9 Å². The summed E-state index contributed by atoms with van der Waals surface area (Å²) in [6.07, 6.45) is 9.38. The molecule has 8 heteroatoms. The van der Waals surface area contributed by atoms with Crippen LogP contribution >= 0.6 is 11.3 Å². The number of aromatic nitrogens is 3. The van der Waals surface area contributed by atoms with Crippen LogP contribution in [0.3, 0.4) is 0 Å². The average Bonchev–Trinajstić information content (AvgIpc) is 3.51. The second kappa shape index (κ2) is 12.0. The van der Waals surface area contributed by atoms with Gasteiger partial charge in [-0.25, -0.2) is 14.3 Å². The van der Waals surface area contributed by atoms with E-state index in [4.69, 9.17) is 19.9 Å². The molecule has 3 heterocycles. The Balaban J connectivity index is 1.15. The lowest BCUT2D eigenvalue weighted by atomic mass is 9.89. The van der Waals surface area contributed by atoms with E-state index in [2.05, 4.69) is 29.2 Å². The molecular weight excluding hydrogens is 484 g/mol. The van der Waals surface area contributed by atoms with Gasteiger partial charge in [0.1, 0.15) is 5.01 Å². The minimum Gasteiger partial charge on any atom is -0.478 e. The third-order valence-electron chi connectivity index (χ3n) is 7.26. The highest BCUT2D eigenvalue weighted by atomic mass is 32.1. The van der Waals surface area contributed by atoms with Crippen molar-refractivity contribution in [1.82, 2.24) is 19.5 Å². The number of nitrogens with zero attached hydrogens (tertiary/aromatic N) is 4. The first-order chi connectivity index (χ1) is 18.1. The number of rotatable bonds is 11. The Bertz CT molecular complexity index is 1270. The van der Waals surface area contributed by atoms with Crippen molar-refractivity contribution in [3.05, 3.63) is 65.9 Å². The van der Waals surface area contributed by atoms with Gasteiger partial charge in [-0.1, -0.05) is 60.6 Å². The standard InChI is InChI=1S/C29H34N4O3S/c1-36-19-5-3-2-4-16-32-17-14-22(15-18-32)21-6-10-24(11-7-21)27-31-33-20-26(30-29(33)37-27)23-8-12-25(13-9-23)28(34)35/h6-13,20,22H,2-5,14-19H2,1H3,(H,34,35). The molecule has 0 amide bonds. The van der Waals surface area contributed by atoms with Crippen LogP contribution in [0, 0.1) is 0 Å². The van der Waals surface area contributed by atoms with E-state index in [1.54, 1.807) is 42.7 Å². The highest BCUT2D eigenvalue weighted by Crippen LogP contribution is 2.32. The number of methoxy groups -OCH3 is 1. The van der Waals surface area contributed by atoms with Gasteiger partial charge in [-0.15, -0.1) is 0 Å². The first kappa shape index (κ1) is 25.6. The molecule has 0 radical (unpaired) electrons. The highest BCUT2D eigenvalue weighted by molar-refractivity contribution is 7.19. The van der Waals surface area contributed by atoms with Crippen molar-refractivity contribution in [2.45, 2.75) is 44.4 Å². The summed E-state index contributed by atoms with van der Waals surface area (Å²) >= 11 is 1.56. The number of carboxylic acids is 1. The monoisotopic (exact) mass is 518 g/mol. The zero-order chi connectivity index (χ0) is 25.6. The lowest BCUT2D eigenvalue weighted by Crippen LogP contribution is -2.33. The molecule has 1 fully saturated rings. The molecule has 1 N–H and O–H groups in total. The molecule has 1 aliphatic heterocycles. The van der Waals surface area contributed by atoms with E-state index in [1.165, 1.54) is 63.7 Å². The highest BCUT2D eigenvalue weighted by Gasteiger charge is 2.20. The molecule has 0 atom stereocenters. The van der Waals surface area contributed by atoms with Crippen molar-refractivity contribution >= 4 is 22.3 Å². The van der Waals surface area contributed by atoms with Crippen molar-refractivity contribution < 1.29 is 14.6 Å². The molecular formula is C29H34N4O3S. The van der Waals surface area contributed by atoms with Crippen LogP contribution in [-0.2, 0) is 4.74 Å². The molecule has 194 valence electrons. The number of unbranched alkanes of at least 4 members (excludes halogenated alkanes) is 3. The number of piperidine rings is 1. The molecule has 1 saturated heterocycles. The fourth-order valence-electron chi connectivity index (χ4n) is 5.06. The fraction of sp³-hybridized carbons (Fsp3) is 0.414. The first-order valence-corrected chi connectivity index (χ1v) is 13.9. The summed E-state index contributed by atoms with van der Waals surface area (Å²) < 4.78 is 6.94. The summed E-state index contributed by atoms with van der Waals surface area (Å²) in [5, 5.41) is 14.8. The van der Waals surface area contributed by atoms with Crippen LogP contribution in [0.2, 0.25) is 0 Å². The second-order valence-corrected chi connectivity index (χ2v) is 10.7. The van der Waals surface area contributed by atoms with Crippen LogP contribution in [0.15, 0.2) is 54.7 Å². The van der Waals surface area contributed by atoms with Crippen LogP contribution in [0.5, 0.6) is 0 Å². The predicted octanol–water partition coefficient (Wildman–Crippen LogP) is 6.21. The van der Waals surface area contributed by atoms with Crippen molar-refractivity contribution in [3.8, 4) is 21.8 Å². The van der Waals surface area contributed by atoms with Crippen molar-refractivity contribution in [1.29, 1.82) is 0 Å². The summed E-state index contributed by atoms with van der Waals surface area (Å²) in [5.41, 5.74) is 4.47. The Morgan fingerprint density at radius 2 is 1.70 bits per heavy atom. The van der Waals surface area contributed by atoms with Crippen LogP contribution in [0.4, 0.5) is 0 Å². The van der Waals surface area contributed by atoms with E-state index in [-0.39, 0.29) is 5.56 Å². The Morgan fingerprint density at radius 1 is 1.00 bits per heavy atom. The number of benzene rings is 2. The summed E-state index contributed by atoms with van der Waals surface area (Å²) in [4.78, 5) is 19.2. The van der Waals surface area contributed by atoms with Crippen molar-refractivity contribution in [3.63, 3.8) is 0 Å². The molecule has 2 aromatic carbocycles. The van der Waals surface area contributed by atoms with Gasteiger partial charge in [0, 0.05) is 24.8 Å². The number of carboxylic acid groups (broad SMARTS) is 1. The lowest BCUT2D eigenvalue weighted by Gasteiger charge is -2.32. The minimum atomic E-state index is -0.930. The summed E-state index contributed by atoms with van der Waals surface area (Å²) in [6, 6.07) is 15.7. The van der Waals surface area contributed by atoms with Gasteiger partial charge in [0.05, 0.1) is 17.5 Å². The van der Waals surface area contributed by atoms with Crippen LogP contribution < -0.4 is 0 Å². The molecule has 0 unspecified atom stereocenters. The molecule has 2 aromatic heterocycles. The van der Waals surface area contributed by atoms with Crippen molar-refractivity contribution in [2.75, 3.05) is 33.4 Å². The van der Waals surface area contributed by atoms with Gasteiger partial charge < -0.3 is 14.7 Å². The van der Waals surface area contributed by atoms with Crippen molar-refractivity contribution in [2.24, 2.45) is 0 Å². The van der Waals surface area contributed by atoms with E-state index in [1.807, 2.05) is 10.7 Å². The molecule has 0 saturated carbocycles. The minimum absolute atomic E-state index is 0.267. The third kappa shape index (κ3) is 6.26. The van der Waals surface area contributed by atoms with Gasteiger partial charge in [0.25, 0.3) is 0 Å². The molecule has 37 heavy (non-hydrogen) atoms. The molecule has 5 rings (SSSR count). The van der Waals surface area contributed by atoms with E-state index in [0.29, 0.717) is 5.92 Å². The molecule has 4 aromatic rings. The molecule has 0 bridgehead atoms. The maximum Gasteiger partial charge on any atom is 0.335 e. The molecule has 0 aliphatic carbocycles. The molecule has 1 aliphatic rings. The number of ether oxygens (including phenoxy) is 1. The van der Waals surface area contributed by atoms with E-state index >= 15 is 0 Å². The third-order valence-corrected chi connectivity index (χ3v) is 8.23. The number of fused-ring (bicyclic) bond motifs is 1.